The Kier molecular flexibility index (Phi) is 3.92. The van der Waals surface area contributed by atoms with Crippen LogP contribution < -0.4 is 0 Å². The van der Waals surface area contributed by atoms with Gasteiger partial charge in [0.1, 0.15) is 0 Å². The highest BCUT2D eigenvalue weighted by Crippen LogP contribution is 2.18. The summed E-state index contributed by atoms with van der Waals surface area (Å²) in [6, 6.07) is 9.63. The standard InChI is InChI=1S/C12H14O2/c1-2-6-11(9-12(13)14)10-7-4-3-5-8-10/h3-5,7-9H,2,6H2,1H3,(H,13,14)/b11-9+. The van der Waals surface area contributed by atoms with Gasteiger partial charge in [0.2, 0.25) is 0 Å². The van der Waals surface area contributed by atoms with Crippen molar-refractivity contribution in [3.8, 4) is 0 Å². The molecule has 1 aromatic rings. The van der Waals surface area contributed by atoms with Crippen LogP contribution in [0, 0.1) is 0 Å². The van der Waals surface area contributed by atoms with E-state index in [-0.39, 0.29) is 0 Å². The van der Waals surface area contributed by atoms with Gasteiger partial charge in [-0.05, 0) is 17.6 Å². The summed E-state index contributed by atoms with van der Waals surface area (Å²) in [5.74, 6) is -0.877. The van der Waals surface area contributed by atoms with E-state index in [9.17, 15) is 4.79 Å². The summed E-state index contributed by atoms with van der Waals surface area (Å²) in [5.41, 5.74) is 1.89. The van der Waals surface area contributed by atoms with Gasteiger partial charge >= 0.3 is 5.97 Å². The Bertz CT molecular complexity index is 325. The number of carboxylic acids is 1. The number of rotatable bonds is 4. The molecule has 0 amide bonds. The zero-order valence-corrected chi connectivity index (χ0v) is 8.23. The number of allylic oxidation sites excluding steroid dienone is 1. The molecule has 0 spiro atoms. The van der Waals surface area contributed by atoms with E-state index >= 15 is 0 Å². The first-order chi connectivity index (χ1) is 6.74. The molecule has 1 aromatic carbocycles. The molecule has 2 nitrogen and oxygen atoms in total. The molecular weight excluding hydrogens is 176 g/mol. The molecule has 0 aliphatic rings. The van der Waals surface area contributed by atoms with E-state index < -0.39 is 5.97 Å². The van der Waals surface area contributed by atoms with Crippen molar-refractivity contribution >= 4 is 11.5 Å². The quantitative estimate of drug-likeness (QED) is 0.741. The van der Waals surface area contributed by atoms with Gasteiger partial charge in [0.05, 0.1) is 0 Å². The Labute approximate surface area is 83.9 Å². The van der Waals surface area contributed by atoms with Crippen molar-refractivity contribution < 1.29 is 9.90 Å². The third kappa shape index (κ3) is 3.05. The van der Waals surface area contributed by atoms with Crippen molar-refractivity contribution in [2.45, 2.75) is 19.8 Å². The second-order valence-corrected chi connectivity index (χ2v) is 3.12. The molecule has 0 bridgehead atoms. The van der Waals surface area contributed by atoms with Gasteiger partial charge in [-0.25, -0.2) is 4.79 Å². The molecule has 0 saturated carbocycles. The summed E-state index contributed by atoms with van der Waals surface area (Å²) in [4.78, 5) is 10.6. The fourth-order valence-corrected chi connectivity index (χ4v) is 1.37. The van der Waals surface area contributed by atoms with Crippen molar-refractivity contribution in [1.82, 2.24) is 0 Å². The number of carbonyl (C=O) groups is 1. The van der Waals surface area contributed by atoms with Crippen molar-refractivity contribution in [2.24, 2.45) is 0 Å². The topological polar surface area (TPSA) is 37.3 Å². The number of hydrogen-bond donors (Lipinski definition) is 1. The minimum atomic E-state index is -0.877. The van der Waals surface area contributed by atoms with Gasteiger partial charge in [-0.15, -0.1) is 0 Å². The van der Waals surface area contributed by atoms with Gasteiger partial charge in [-0.1, -0.05) is 43.7 Å². The molecule has 0 heterocycles. The zero-order chi connectivity index (χ0) is 10.4. The molecule has 0 fully saturated rings. The summed E-state index contributed by atoms with van der Waals surface area (Å²) in [5, 5.41) is 8.70. The molecule has 0 radical (unpaired) electrons. The van der Waals surface area contributed by atoms with E-state index in [0.29, 0.717) is 0 Å². The third-order valence-corrected chi connectivity index (χ3v) is 1.96. The number of aliphatic carboxylic acids is 1. The van der Waals surface area contributed by atoms with Crippen LogP contribution in [-0.2, 0) is 4.79 Å². The fourth-order valence-electron chi connectivity index (χ4n) is 1.37. The van der Waals surface area contributed by atoms with Crippen molar-refractivity contribution in [2.75, 3.05) is 0 Å². The third-order valence-electron chi connectivity index (χ3n) is 1.96. The Hall–Kier alpha value is -1.57. The SMILES string of the molecule is CCC/C(=C\C(=O)O)c1ccccc1. The maximum Gasteiger partial charge on any atom is 0.328 e. The molecule has 2 heteroatoms. The van der Waals surface area contributed by atoms with E-state index in [2.05, 4.69) is 0 Å². The summed E-state index contributed by atoms with van der Waals surface area (Å²) in [6.45, 7) is 2.04. The second kappa shape index (κ2) is 5.22. The average molecular weight is 190 g/mol. The van der Waals surface area contributed by atoms with Crippen LogP contribution in [0.4, 0.5) is 0 Å². The van der Waals surface area contributed by atoms with Crippen LogP contribution in [0.3, 0.4) is 0 Å². The molecular formula is C12H14O2. The van der Waals surface area contributed by atoms with Crippen LogP contribution in [-0.4, -0.2) is 11.1 Å². The average Bonchev–Trinajstić information content (AvgIpc) is 2.18. The van der Waals surface area contributed by atoms with E-state index in [1.807, 2.05) is 37.3 Å². The first-order valence-electron chi connectivity index (χ1n) is 4.73. The summed E-state index contributed by atoms with van der Waals surface area (Å²) < 4.78 is 0. The zero-order valence-electron chi connectivity index (χ0n) is 8.23. The Balaban J connectivity index is 2.94. The maximum absolute atomic E-state index is 10.6. The number of benzene rings is 1. The molecule has 0 aliphatic heterocycles. The smallest absolute Gasteiger partial charge is 0.328 e. The highest BCUT2D eigenvalue weighted by atomic mass is 16.4. The summed E-state index contributed by atoms with van der Waals surface area (Å²) in [6.07, 6.45) is 3.04. The fraction of sp³-hybridized carbons (Fsp3) is 0.250. The molecule has 1 N–H and O–H groups in total. The lowest BCUT2D eigenvalue weighted by atomic mass is 10.0. The Morgan fingerprint density at radius 1 is 1.36 bits per heavy atom. The van der Waals surface area contributed by atoms with Crippen LogP contribution in [0.15, 0.2) is 36.4 Å². The first kappa shape index (κ1) is 10.5. The van der Waals surface area contributed by atoms with Crippen LogP contribution >= 0.6 is 0 Å². The highest BCUT2D eigenvalue weighted by Gasteiger charge is 2.01. The van der Waals surface area contributed by atoms with Gasteiger partial charge in [0.25, 0.3) is 0 Å². The van der Waals surface area contributed by atoms with Gasteiger partial charge in [0, 0.05) is 6.08 Å². The molecule has 0 atom stereocenters. The van der Waals surface area contributed by atoms with Crippen LogP contribution in [0.5, 0.6) is 0 Å². The first-order valence-corrected chi connectivity index (χ1v) is 4.73. The van der Waals surface area contributed by atoms with Crippen LogP contribution in [0.2, 0.25) is 0 Å². The van der Waals surface area contributed by atoms with Crippen molar-refractivity contribution in [1.29, 1.82) is 0 Å². The van der Waals surface area contributed by atoms with Gasteiger partial charge in [0.15, 0.2) is 0 Å². The summed E-state index contributed by atoms with van der Waals surface area (Å²) in [7, 11) is 0. The van der Waals surface area contributed by atoms with E-state index in [1.54, 1.807) is 0 Å². The lowest BCUT2D eigenvalue weighted by Crippen LogP contribution is -1.92. The van der Waals surface area contributed by atoms with Crippen molar-refractivity contribution in [3.05, 3.63) is 42.0 Å². The molecule has 0 unspecified atom stereocenters. The Morgan fingerprint density at radius 3 is 2.50 bits per heavy atom. The molecule has 0 saturated heterocycles. The predicted octanol–water partition coefficient (Wildman–Crippen LogP) is 2.95. The van der Waals surface area contributed by atoms with Crippen LogP contribution in [0.1, 0.15) is 25.3 Å². The van der Waals surface area contributed by atoms with Gasteiger partial charge in [-0.2, -0.15) is 0 Å². The largest absolute Gasteiger partial charge is 0.478 e. The van der Waals surface area contributed by atoms with E-state index in [1.165, 1.54) is 6.08 Å². The minimum Gasteiger partial charge on any atom is -0.478 e. The normalized spacial score (nSPS) is 11.4. The predicted molar refractivity (Wildman–Crippen MR) is 57.0 cm³/mol. The maximum atomic E-state index is 10.6. The molecule has 0 aromatic heterocycles. The van der Waals surface area contributed by atoms with E-state index in [4.69, 9.17) is 5.11 Å². The second-order valence-electron chi connectivity index (χ2n) is 3.12. The van der Waals surface area contributed by atoms with E-state index in [0.717, 1.165) is 24.0 Å². The minimum absolute atomic E-state index is 0.802. The van der Waals surface area contributed by atoms with Gasteiger partial charge < -0.3 is 5.11 Å². The lowest BCUT2D eigenvalue weighted by molar-refractivity contribution is -0.131. The van der Waals surface area contributed by atoms with Gasteiger partial charge in [-0.3, -0.25) is 0 Å². The molecule has 74 valence electrons. The molecule has 14 heavy (non-hydrogen) atoms. The van der Waals surface area contributed by atoms with Crippen molar-refractivity contribution in [3.63, 3.8) is 0 Å². The Morgan fingerprint density at radius 2 is 2.00 bits per heavy atom. The number of hydrogen-bond acceptors (Lipinski definition) is 1. The molecule has 1 rings (SSSR count). The monoisotopic (exact) mass is 190 g/mol. The molecule has 0 aliphatic carbocycles. The number of carboxylic acid groups (broad SMARTS) is 1. The lowest BCUT2D eigenvalue weighted by Gasteiger charge is -2.04. The highest BCUT2D eigenvalue weighted by molar-refractivity contribution is 5.89. The summed E-state index contributed by atoms with van der Waals surface area (Å²) >= 11 is 0. The van der Waals surface area contributed by atoms with Crippen LogP contribution in [0.25, 0.3) is 5.57 Å².